The third-order valence-corrected chi connectivity index (χ3v) is 2.59. The molecule has 94 valence electrons. The van der Waals surface area contributed by atoms with E-state index < -0.39 is 22.9 Å². The van der Waals surface area contributed by atoms with Crippen molar-refractivity contribution in [3.63, 3.8) is 0 Å². The van der Waals surface area contributed by atoms with Crippen LogP contribution in [0.4, 0.5) is 4.39 Å². The molecule has 1 atom stereocenters. The topological polar surface area (TPSA) is 72.8 Å². The summed E-state index contributed by atoms with van der Waals surface area (Å²) in [7, 11) is 1.17. The van der Waals surface area contributed by atoms with Gasteiger partial charge in [0.2, 0.25) is 0 Å². The highest BCUT2D eigenvalue weighted by atomic mass is 32.2. The molecule has 7 heteroatoms. The normalized spacial score (nSPS) is 12.0. The molecule has 0 amide bonds. The second-order valence-corrected chi connectivity index (χ2v) is 3.90. The van der Waals surface area contributed by atoms with Crippen molar-refractivity contribution < 1.29 is 27.4 Å². The summed E-state index contributed by atoms with van der Waals surface area (Å²) in [6.07, 6.45) is 0. The number of halogens is 1. The van der Waals surface area contributed by atoms with E-state index >= 15 is 0 Å². The Labute approximate surface area is 99.8 Å². The minimum atomic E-state index is -2.45. The number of esters is 1. The summed E-state index contributed by atoms with van der Waals surface area (Å²) in [4.78, 5) is 11.1. The van der Waals surface area contributed by atoms with Crippen molar-refractivity contribution >= 4 is 17.0 Å². The molecule has 1 aromatic rings. The van der Waals surface area contributed by atoms with Gasteiger partial charge in [-0.3, -0.25) is 0 Å². The van der Waals surface area contributed by atoms with Crippen molar-refractivity contribution in [1.82, 2.24) is 0 Å². The van der Waals surface area contributed by atoms with Crippen LogP contribution in [-0.4, -0.2) is 28.4 Å². The van der Waals surface area contributed by atoms with E-state index in [9.17, 15) is 13.4 Å². The highest BCUT2D eigenvalue weighted by Gasteiger charge is 2.19. The summed E-state index contributed by atoms with van der Waals surface area (Å²) in [5.74, 6) is -2.02. The van der Waals surface area contributed by atoms with Gasteiger partial charge in [-0.25, -0.2) is 13.4 Å². The number of hydrogen-bond acceptors (Lipinski definition) is 4. The van der Waals surface area contributed by atoms with Crippen molar-refractivity contribution in [2.75, 3.05) is 13.7 Å². The predicted octanol–water partition coefficient (Wildman–Crippen LogP) is 1.59. The Balaban J connectivity index is 3.29. The first-order chi connectivity index (χ1) is 8.01. The van der Waals surface area contributed by atoms with Crippen LogP contribution in [0.15, 0.2) is 17.0 Å². The van der Waals surface area contributed by atoms with Crippen molar-refractivity contribution in [3.8, 4) is 5.75 Å². The number of hydrogen-bond donors (Lipinski definition) is 1. The lowest BCUT2D eigenvalue weighted by Crippen LogP contribution is -2.07. The number of ether oxygens (including phenoxy) is 2. The number of carbonyl (C=O) groups excluding carboxylic acids is 1. The van der Waals surface area contributed by atoms with Crippen LogP contribution < -0.4 is 4.74 Å². The van der Waals surface area contributed by atoms with Gasteiger partial charge in [0.25, 0.3) is 0 Å². The average molecular weight is 262 g/mol. The summed E-state index contributed by atoms with van der Waals surface area (Å²) in [5, 5.41) is 0. The molecule has 0 saturated heterocycles. The number of methoxy groups -OCH3 is 1. The van der Waals surface area contributed by atoms with Gasteiger partial charge >= 0.3 is 5.97 Å². The van der Waals surface area contributed by atoms with Crippen LogP contribution in [0.5, 0.6) is 5.75 Å². The minimum Gasteiger partial charge on any atom is -0.492 e. The van der Waals surface area contributed by atoms with Gasteiger partial charge in [0.1, 0.15) is 4.90 Å². The Bertz CT molecular complexity index is 460. The number of carbonyl (C=O) groups is 1. The molecule has 1 unspecified atom stereocenters. The van der Waals surface area contributed by atoms with Crippen molar-refractivity contribution in [2.24, 2.45) is 0 Å². The molecule has 0 aliphatic carbocycles. The van der Waals surface area contributed by atoms with Gasteiger partial charge in [0, 0.05) is 0 Å². The molecule has 1 N–H and O–H groups in total. The standard InChI is InChI=1S/C10H11FO5S/c1-3-16-10(12)6-4-7(11)9(15-2)8(5-6)17(13)14/h4-5H,3H2,1-2H3,(H,13,14). The molecule has 0 radical (unpaired) electrons. The highest BCUT2D eigenvalue weighted by molar-refractivity contribution is 7.79. The van der Waals surface area contributed by atoms with Crippen LogP contribution in [0.25, 0.3) is 0 Å². The summed E-state index contributed by atoms with van der Waals surface area (Å²) in [6, 6.07) is 1.96. The van der Waals surface area contributed by atoms with Crippen molar-refractivity contribution in [1.29, 1.82) is 0 Å². The second-order valence-electron chi connectivity index (χ2n) is 2.96. The maximum absolute atomic E-state index is 13.5. The Morgan fingerprint density at radius 3 is 2.65 bits per heavy atom. The molecule has 0 aromatic heterocycles. The van der Waals surface area contributed by atoms with Gasteiger partial charge in [-0.2, -0.15) is 0 Å². The quantitative estimate of drug-likeness (QED) is 0.659. The van der Waals surface area contributed by atoms with Crippen LogP contribution in [-0.2, 0) is 15.8 Å². The fourth-order valence-electron chi connectivity index (χ4n) is 1.23. The lowest BCUT2D eigenvalue weighted by molar-refractivity contribution is 0.0525. The third-order valence-electron chi connectivity index (χ3n) is 1.91. The molecule has 5 nitrogen and oxygen atoms in total. The molecular formula is C10H11FO5S. The van der Waals surface area contributed by atoms with E-state index in [4.69, 9.17) is 4.55 Å². The van der Waals surface area contributed by atoms with E-state index in [0.29, 0.717) is 0 Å². The first-order valence-corrected chi connectivity index (χ1v) is 5.77. The van der Waals surface area contributed by atoms with Gasteiger partial charge in [-0.15, -0.1) is 0 Å². The Hall–Kier alpha value is -1.47. The van der Waals surface area contributed by atoms with E-state index in [-0.39, 0.29) is 22.8 Å². The van der Waals surface area contributed by atoms with Crippen molar-refractivity contribution in [3.05, 3.63) is 23.5 Å². The Morgan fingerprint density at radius 2 is 2.18 bits per heavy atom. The molecule has 0 bridgehead atoms. The monoisotopic (exact) mass is 262 g/mol. The molecule has 1 rings (SSSR count). The smallest absolute Gasteiger partial charge is 0.338 e. The van der Waals surface area contributed by atoms with Crippen LogP contribution >= 0.6 is 0 Å². The average Bonchev–Trinajstić information content (AvgIpc) is 2.28. The Morgan fingerprint density at radius 1 is 1.53 bits per heavy atom. The first kappa shape index (κ1) is 13.6. The summed E-state index contributed by atoms with van der Waals surface area (Å²) in [5.41, 5.74) is -0.137. The molecular weight excluding hydrogens is 251 g/mol. The fourth-order valence-corrected chi connectivity index (χ4v) is 1.80. The lowest BCUT2D eigenvalue weighted by Gasteiger charge is -2.08. The van der Waals surface area contributed by atoms with Crippen LogP contribution in [0.1, 0.15) is 17.3 Å². The zero-order valence-electron chi connectivity index (χ0n) is 9.23. The molecule has 1 aromatic carbocycles. The Kier molecular flexibility index (Phi) is 4.59. The van der Waals surface area contributed by atoms with Gasteiger partial charge in [0.05, 0.1) is 19.3 Å². The zero-order chi connectivity index (χ0) is 13.0. The van der Waals surface area contributed by atoms with Gasteiger partial charge in [-0.05, 0) is 19.1 Å². The van der Waals surface area contributed by atoms with Gasteiger partial charge < -0.3 is 14.0 Å². The van der Waals surface area contributed by atoms with E-state index in [1.165, 1.54) is 7.11 Å². The number of rotatable bonds is 4. The van der Waals surface area contributed by atoms with Crippen LogP contribution in [0, 0.1) is 5.82 Å². The maximum Gasteiger partial charge on any atom is 0.338 e. The summed E-state index contributed by atoms with van der Waals surface area (Å²) in [6.45, 7) is 1.73. The van der Waals surface area contributed by atoms with Crippen LogP contribution in [0.3, 0.4) is 0 Å². The van der Waals surface area contributed by atoms with Crippen LogP contribution in [0.2, 0.25) is 0 Å². The molecule has 17 heavy (non-hydrogen) atoms. The molecule has 0 aliphatic rings. The van der Waals surface area contributed by atoms with E-state index in [0.717, 1.165) is 12.1 Å². The summed E-state index contributed by atoms with van der Waals surface area (Å²) >= 11 is -2.45. The highest BCUT2D eigenvalue weighted by Crippen LogP contribution is 2.27. The molecule has 0 heterocycles. The number of benzene rings is 1. The zero-order valence-corrected chi connectivity index (χ0v) is 10.0. The molecule has 0 spiro atoms. The molecule has 0 saturated carbocycles. The molecule has 0 fully saturated rings. The maximum atomic E-state index is 13.5. The van der Waals surface area contributed by atoms with Gasteiger partial charge in [-0.1, -0.05) is 0 Å². The van der Waals surface area contributed by atoms with Crippen molar-refractivity contribution in [2.45, 2.75) is 11.8 Å². The predicted molar refractivity (Wildman–Crippen MR) is 57.9 cm³/mol. The van der Waals surface area contributed by atoms with E-state index in [1.807, 2.05) is 0 Å². The molecule has 0 aliphatic heterocycles. The largest absolute Gasteiger partial charge is 0.492 e. The third kappa shape index (κ3) is 3.01. The fraction of sp³-hybridized carbons (Fsp3) is 0.300. The summed E-state index contributed by atoms with van der Waals surface area (Å²) < 4.78 is 42.8. The second kappa shape index (κ2) is 5.74. The SMILES string of the molecule is CCOC(=O)c1cc(F)c(OC)c(S(=O)O)c1. The van der Waals surface area contributed by atoms with Gasteiger partial charge in [0.15, 0.2) is 22.6 Å². The van der Waals surface area contributed by atoms with E-state index in [1.54, 1.807) is 6.92 Å². The van der Waals surface area contributed by atoms with E-state index in [2.05, 4.69) is 9.47 Å². The lowest BCUT2D eigenvalue weighted by atomic mass is 10.2. The first-order valence-electron chi connectivity index (χ1n) is 4.66. The minimum absolute atomic E-state index is 0.129.